The molecule has 6 heteroatoms. The lowest BCUT2D eigenvalue weighted by Crippen LogP contribution is -2.23. The molecule has 1 unspecified atom stereocenters. The van der Waals surface area contributed by atoms with E-state index in [0.29, 0.717) is 0 Å². The highest BCUT2D eigenvalue weighted by atomic mass is 19.3. The van der Waals surface area contributed by atoms with Crippen LogP contribution >= 0.6 is 0 Å². The highest BCUT2D eigenvalue weighted by molar-refractivity contribution is 5.96. The zero-order valence-corrected chi connectivity index (χ0v) is 12.5. The summed E-state index contributed by atoms with van der Waals surface area (Å²) in [6.07, 6.45) is -0.558. The maximum absolute atomic E-state index is 12.3. The van der Waals surface area contributed by atoms with Gasteiger partial charge >= 0.3 is 6.61 Å². The van der Waals surface area contributed by atoms with Crippen LogP contribution in [0.25, 0.3) is 0 Å². The molecule has 23 heavy (non-hydrogen) atoms. The number of alkyl halides is 2. The molecule has 0 spiro atoms. The van der Waals surface area contributed by atoms with Gasteiger partial charge in [0, 0.05) is 6.54 Å². The molecule has 0 aromatic heterocycles. The van der Waals surface area contributed by atoms with Gasteiger partial charge < -0.3 is 15.2 Å². The second-order valence-corrected chi connectivity index (χ2v) is 4.97. The lowest BCUT2D eigenvalue weighted by molar-refractivity contribution is -0.0501. The topological polar surface area (TPSA) is 58.6 Å². The predicted molar refractivity (Wildman–Crippen MR) is 81.3 cm³/mol. The van der Waals surface area contributed by atoms with Crippen molar-refractivity contribution in [1.29, 1.82) is 0 Å². The molecular formula is C17H17F2NO3. The smallest absolute Gasteiger partial charge is 0.387 e. The minimum absolute atomic E-state index is 0.0494. The van der Waals surface area contributed by atoms with Crippen LogP contribution in [0, 0.1) is 0 Å². The van der Waals surface area contributed by atoms with Crippen LogP contribution in [0.15, 0.2) is 48.5 Å². The van der Waals surface area contributed by atoms with Crippen LogP contribution in [0.2, 0.25) is 0 Å². The third-order valence-corrected chi connectivity index (χ3v) is 3.26. The molecule has 0 fully saturated rings. The van der Waals surface area contributed by atoms with Gasteiger partial charge in [0.15, 0.2) is 0 Å². The standard InChI is InChI=1S/C17H17F2NO3/c1-11(21)13-8-6-12(7-9-13)10-20-16(22)14-4-2-3-5-15(14)23-17(18)19/h2-9,11,17,21H,10H2,1H3,(H,20,22). The fourth-order valence-corrected chi connectivity index (χ4v) is 2.04. The van der Waals surface area contributed by atoms with Gasteiger partial charge in [-0.3, -0.25) is 4.79 Å². The van der Waals surface area contributed by atoms with E-state index in [0.717, 1.165) is 11.1 Å². The first kappa shape index (κ1) is 16.9. The molecular weight excluding hydrogens is 304 g/mol. The number of halogens is 2. The molecule has 1 atom stereocenters. The van der Waals surface area contributed by atoms with Crippen molar-refractivity contribution in [2.75, 3.05) is 0 Å². The molecule has 2 rings (SSSR count). The van der Waals surface area contributed by atoms with E-state index in [2.05, 4.69) is 10.1 Å². The molecule has 0 aliphatic heterocycles. The van der Waals surface area contributed by atoms with Gasteiger partial charge in [0.1, 0.15) is 5.75 Å². The molecule has 0 saturated heterocycles. The third-order valence-electron chi connectivity index (χ3n) is 3.26. The molecule has 2 N–H and O–H groups in total. The van der Waals surface area contributed by atoms with Crippen LogP contribution in [-0.4, -0.2) is 17.6 Å². The van der Waals surface area contributed by atoms with Gasteiger partial charge in [-0.25, -0.2) is 0 Å². The molecule has 4 nitrogen and oxygen atoms in total. The Morgan fingerprint density at radius 1 is 1.17 bits per heavy atom. The van der Waals surface area contributed by atoms with E-state index in [4.69, 9.17) is 0 Å². The summed E-state index contributed by atoms with van der Waals surface area (Å²) in [5, 5.41) is 12.1. The first-order valence-electron chi connectivity index (χ1n) is 7.06. The van der Waals surface area contributed by atoms with Crippen molar-refractivity contribution in [3.05, 3.63) is 65.2 Å². The zero-order valence-electron chi connectivity index (χ0n) is 12.5. The SMILES string of the molecule is CC(O)c1ccc(CNC(=O)c2ccccc2OC(F)F)cc1. The summed E-state index contributed by atoms with van der Waals surface area (Å²) in [4.78, 5) is 12.1. The van der Waals surface area contributed by atoms with E-state index in [1.54, 1.807) is 37.3 Å². The summed E-state index contributed by atoms with van der Waals surface area (Å²) < 4.78 is 29.0. The number of nitrogens with one attached hydrogen (secondary N) is 1. The van der Waals surface area contributed by atoms with Crippen molar-refractivity contribution in [3.8, 4) is 5.75 Å². The second kappa shape index (κ2) is 7.69. The minimum atomic E-state index is -2.99. The fourth-order valence-electron chi connectivity index (χ4n) is 2.04. The number of hydrogen-bond acceptors (Lipinski definition) is 3. The number of carbonyl (C=O) groups is 1. The van der Waals surface area contributed by atoms with Crippen LogP contribution in [0.3, 0.4) is 0 Å². The van der Waals surface area contributed by atoms with Gasteiger partial charge in [-0.15, -0.1) is 0 Å². The molecule has 0 bridgehead atoms. The Labute approximate surface area is 132 Å². The van der Waals surface area contributed by atoms with E-state index in [9.17, 15) is 18.7 Å². The van der Waals surface area contributed by atoms with Gasteiger partial charge in [-0.05, 0) is 30.2 Å². The highest BCUT2D eigenvalue weighted by Crippen LogP contribution is 2.20. The van der Waals surface area contributed by atoms with E-state index in [1.165, 1.54) is 18.2 Å². The van der Waals surface area contributed by atoms with E-state index < -0.39 is 18.6 Å². The lowest BCUT2D eigenvalue weighted by Gasteiger charge is -2.11. The van der Waals surface area contributed by atoms with Crippen molar-refractivity contribution in [2.24, 2.45) is 0 Å². The minimum Gasteiger partial charge on any atom is -0.434 e. The largest absolute Gasteiger partial charge is 0.434 e. The van der Waals surface area contributed by atoms with Crippen LogP contribution in [0.4, 0.5) is 8.78 Å². The van der Waals surface area contributed by atoms with Gasteiger partial charge in [0.25, 0.3) is 5.91 Å². The number of para-hydroxylation sites is 1. The summed E-state index contributed by atoms with van der Waals surface area (Å²) >= 11 is 0. The molecule has 0 aliphatic rings. The zero-order chi connectivity index (χ0) is 16.8. The maximum atomic E-state index is 12.3. The molecule has 0 saturated carbocycles. The van der Waals surface area contributed by atoms with Gasteiger partial charge in [0.05, 0.1) is 11.7 Å². The number of amides is 1. The molecule has 0 heterocycles. The van der Waals surface area contributed by atoms with Crippen LogP contribution in [0.5, 0.6) is 5.75 Å². The van der Waals surface area contributed by atoms with Crippen molar-refractivity contribution in [1.82, 2.24) is 5.32 Å². The van der Waals surface area contributed by atoms with Gasteiger partial charge in [-0.2, -0.15) is 8.78 Å². The van der Waals surface area contributed by atoms with E-state index in [1.807, 2.05) is 0 Å². The van der Waals surface area contributed by atoms with Crippen LogP contribution in [0.1, 0.15) is 34.5 Å². The monoisotopic (exact) mass is 321 g/mol. The molecule has 0 aliphatic carbocycles. The fraction of sp³-hybridized carbons (Fsp3) is 0.235. The average molecular weight is 321 g/mol. The highest BCUT2D eigenvalue weighted by Gasteiger charge is 2.15. The average Bonchev–Trinajstić information content (AvgIpc) is 2.53. The number of benzene rings is 2. The molecule has 122 valence electrons. The summed E-state index contributed by atoms with van der Waals surface area (Å²) in [6.45, 7) is -1.09. The quantitative estimate of drug-likeness (QED) is 0.858. The Morgan fingerprint density at radius 2 is 1.83 bits per heavy atom. The summed E-state index contributed by atoms with van der Waals surface area (Å²) in [7, 11) is 0. The Balaban J connectivity index is 2.02. The summed E-state index contributed by atoms with van der Waals surface area (Å²) in [6, 6.07) is 12.9. The first-order chi connectivity index (χ1) is 11.0. The number of hydrogen-bond donors (Lipinski definition) is 2. The number of aliphatic hydroxyl groups is 1. The number of rotatable bonds is 6. The number of aliphatic hydroxyl groups excluding tert-OH is 1. The van der Waals surface area contributed by atoms with Crippen molar-refractivity contribution in [2.45, 2.75) is 26.2 Å². The van der Waals surface area contributed by atoms with Crippen LogP contribution < -0.4 is 10.1 Å². The second-order valence-electron chi connectivity index (χ2n) is 4.97. The summed E-state index contributed by atoms with van der Waals surface area (Å²) in [5.41, 5.74) is 1.65. The van der Waals surface area contributed by atoms with Gasteiger partial charge in [-0.1, -0.05) is 36.4 Å². The number of carbonyl (C=O) groups excluding carboxylic acids is 1. The Bertz CT molecular complexity index is 657. The predicted octanol–water partition coefficient (Wildman–Crippen LogP) is 3.27. The van der Waals surface area contributed by atoms with E-state index in [-0.39, 0.29) is 17.9 Å². The van der Waals surface area contributed by atoms with Crippen molar-refractivity contribution in [3.63, 3.8) is 0 Å². The molecule has 2 aromatic rings. The first-order valence-corrected chi connectivity index (χ1v) is 7.06. The molecule has 1 amide bonds. The normalized spacial score (nSPS) is 12.0. The lowest BCUT2D eigenvalue weighted by atomic mass is 10.1. The van der Waals surface area contributed by atoms with Crippen LogP contribution in [-0.2, 0) is 6.54 Å². The molecule has 0 radical (unpaired) electrons. The van der Waals surface area contributed by atoms with E-state index >= 15 is 0 Å². The maximum Gasteiger partial charge on any atom is 0.387 e. The molecule has 2 aromatic carbocycles. The van der Waals surface area contributed by atoms with Crippen molar-refractivity contribution < 1.29 is 23.4 Å². The number of ether oxygens (including phenoxy) is 1. The third kappa shape index (κ3) is 4.75. The van der Waals surface area contributed by atoms with Gasteiger partial charge in [0.2, 0.25) is 0 Å². The Hall–Kier alpha value is -2.47. The Morgan fingerprint density at radius 3 is 2.43 bits per heavy atom. The van der Waals surface area contributed by atoms with Crippen molar-refractivity contribution >= 4 is 5.91 Å². The Kier molecular flexibility index (Phi) is 5.65. The summed E-state index contributed by atoms with van der Waals surface area (Å²) in [5.74, 6) is -0.662.